The molecule has 1 aliphatic heterocycles. The van der Waals surface area contributed by atoms with Gasteiger partial charge in [-0.15, -0.1) is 0 Å². The first-order valence-electron chi connectivity index (χ1n) is 8.40. The molecule has 1 heterocycles. The van der Waals surface area contributed by atoms with Crippen molar-refractivity contribution in [2.45, 2.75) is 20.8 Å². The molecule has 0 aromatic heterocycles. The van der Waals surface area contributed by atoms with Crippen LogP contribution in [0.15, 0.2) is 30.3 Å². The number of rotatable bonds is 6. The van der Waals surface area contributed by atoms with E-state index in [0.29, 0.717) is 12.5 Å². The van der Waals surface area contributed by atoms with Gasteiger partial charge in [0.1, 0.15) is 0 Å². The predicted molar refractivity (Wildman–Crippen MR) is 92.2 cm³/mol. The van der Waals surface area contributed by atoms with Gasteiger partial charge in [-0.1, -0.05) is 32.0 Å². The lowest BCUT2D eigenvalue weighted by Crippen LogP contribution is -2.50. The maximum Gasteiger partial charge on any atom is 0.241 e. The second kappa shape index (κ2) is 8.30. The molecule has 0 N–H and O–H groups in total. The predicted octanol–water partition coefficient (Wildman–Crippen LogP) is 2.31. The van der Waals surface area contributed by atoms with Crippen molar-refractivity contribution in [1.29, 1.82) is 0 Å². The van der Waals surface area contributed by atoms with Gasteiger partial charge in [0.05, 0.1) is 6.54 Å². The number of likely N-dealkylation sites (N-methyl/N-ethyl adjacent to an activating group) is 1. The zero-order chi connectivity index (χ0) is 15.9. The number of anilines is 1. The van der Waals surface area contributed by atoms with Crippen LogP contribution in [0.25, 0.3) is 0 Å². The Bertz CT molecular complexity index is 453. The molecule has 0 saturated carbocycles. The number of nitrogens with zero attached hydrogens (tertiary/aromatic N) is 3. The number of para-hydroxylation sites is 1. The Morgan fingerprint density at radius 1 is 1.09 bits per heavy atom. The molecule has 1 amide bonds. The highest BCUT2D eigenvalue weighted by atomic mass is 16.2. The van der Waals surface area contributed by atoms with Crippen LogP contribution in [0.1, 0.15) is 20.8 Å². The van der Waals surface area contributed by atoms with Crippen LogP contribution in [-0.2, 0) is 4.79 Å². The van der Waals surface area contributed by atoms with Gasteiger partial charge in [-0.2, -0.15) is 0 Å². The maximum absolute atomic E-state index is 12.6. The van der Waals surface area contributed by atoms with Crippen LogP contribution in [0.4, 0.5) is 5.69 Å². The van der Waals surface area contributed by atoms with E-state index in [-0.39, 0.29) is 5.91 Å². The Labute approximate surface area is 134 Å². The SMILES string of the molecule is CCN(C(=O)CN1CCN(CC(C)C)CC1)c1ccccc1. The number of amides is 1. The van der Waals surface area contributed by atoms with Gasteiger partial charge in [-0.3, -0.25) is 9.69 Å². The number of piperazine rings is 1. The van der Waals surface area contributed by atoms with Crippen LogP contribution in [0, 0.1) is 5.92 Å². The zero-order valence-electron chi connectivity index (χ0n) is 14.2. The lowest BCUT2D eigenvalue weighted by atomic mass is 10.2. The van der Waals surface area contributed by atoms with Crippen LogP contribution in [0.3, 0.4) is 0 Å². The Kier molecular flexibility index (Phi) is 6.40. The summed E-state index contributed by atoms with van der Waals surface area (Å²) in [6, 6.07) is 9.95. The summed E-state index contributed by atoms with van der Waals surface area (Å²) < 4.78 is 0. The number of hydrogen-bond donors (Lipinski definition) is 0. The fraction of sp³-hybridized carbons (Fsp3) is 0.611. The summed E-state index contributed by atoms with van der Waals surface area (Å²) in [4.78, 5) is 19.2. The van der Waals surface area contributed by atoms with Crippen LogP contribution in [-0.4, -0.2) is 61.5 Å². The van der Waals surface area contributed by atoms with Crippen molar-refractivity contribution < 1.29 is 4.79 Å². The van der Waals surface area contributed by atoms with E-state index in [1.54, 1.807) is 0 Å². The molecule has 0 bridgehead atoms. The molecule has 4 heteroatoms. The third-order valence-electron chi connectivity index (χ3n) is 4.13. The maximum atomic E-state index is 12.6. The first-order valence-corrected chi connectivity index (χ1v) is 8.40. The third-order valence-corrected chi connectivity index (χ3v) is 4.13. The van der Waals surface area contributed by atoms with E-state index in [0.717, 1.165) is 45.0 Å². The van der Waals surface area contributed by atoms with Crippen molar-refractivity contribution in [2.75, 3.05) is 50.7 Å². The molecule has 22 heavy (non-hydrogen) atoms. The van der Waals surface area contributed by atoms with Gasteiger partial charge in [-0.25, -0.2) is 0 Å². The highest BCUT2D eigenvalue weighted by molar-refractivity contribution is 5.94. The first-order chi connectivity index (χ1) is 10.6. The van der Waals surface area contributed by atoms with Crippen molar-refractivity contribution in [1.82, 2.24) is 9.80 Å². The number of carbonyl (C=O) groups is 1. The smallest absolute Gasteiger partial charge is 0.241 e. The molecule has 1 aliphatic rings. The molecule has 0 radical (unpaired) electrons. The van der Waals surface area contributed by atoms with E-state index >= 15 is 0 Å². The second-order valence-corrected chi connectivity index (χ2v) is 6.44. The fourth-order valence-corrected chi connectivity index (χ4v) is 3.03. The lowest BCUT2D eigenvalue weighted by molar-refractivity contribution is -0.120. The molecule has 0 unspecified atom stereocenters. The summed E-state index contributed by atoms with van der Waals surface area (Å²) in [6.45, 7) is 13.1. The fourth-order valence-electron chi connectivity index (χ4n) is 3.03. The van der Waals surface area contributed by atoms with E-state index in [1.165, 1.54) is 0 Å². The quantitative estimate of drug-likeness (QED) is 0.807. The molecule has 0 aliphatic carbocycles. The summed E-state index contributed by atoms with van der Waals surface area (Å²) in [5, 5.41) is 0. The molecule has 1 aromatic carbocycles. The minimum absolute atomic E-state index is 0.200. The Morgan fingerprint density at radius 3 is 2.23 bits per heavy atom. The summed E-state index contributed by atoms with van der Waals surface area (Å²) in [6.07, 6.45) is 0. The monoisotopic (exact) mass is 303 g/mol. The largest absolute Gasteiger partial charge is 0.312 e. The van der Waals surface area contributed by atoms with Crippen LogP contribution < -0.4 is 4.90 Å². The number of hydrogen-bond acceptors (Lipinski definition) is 3. The molecule has 1 saturated heterocycles. The van der Waals surface area contributed by atoms with E-state index in [9.17, 15) is 4.79 Å². The van der Waals surface area contributed by atoms with Crippen molar-refractivity contribution in [3.8, 4) is 0 Å². The molecule has 122 valence electrons. The van der Waals surface area contributed by atoms with Gasteiger partial charge >= 0.3 is 0 Å². The average molecular weight is 303 g/mol. The van der Waals surface area contributed by atoms with Gasteiger partial charge < -0.3 is 9.80 Å². The molecular formula is C18H29N3O. The van der Waals surface area contributed by atoms with E-state index < -0.39 is 0 Å². The first kappa shape index (κ1) is 17.0. The highest BCUT2D eigenvalue weighted by Crippen LogP contribution is 2.14. The molecule has 0 spiro atoms. The van der Waals surface area contributed by atoms with Crippen LogP contribution in [0.5, 0.6) is 0 Å². The van der Waals surface area contributed by atoms with Crippen molar-refractivity contribution in [3.05, 3.63) is 30.3 Å². The van der Waals surface area contributed by atoms with Crippen LogP contribution >= 0.6 is 0 Å². The topological polar surface area (TPSA) is 26.8 Å². The Balaban J connectivity index is 1.84. The van der Waals surface area contributed by atoms with Gasteiger partial charge in [0.25, 0.3) is 0 Å². The summed E-state index contributed by atoms with van der Waals surface area (Å²) in [5.41, 5.74) is 0.994. The number of benzene rings is 1. The molecule has 4 nitrogen and oxygen atoms in total. The second-order valence-electron chi connectivity index (χ2n) is 6.44. The molecular weight excluding hydrogens is 274 g/mol. The molecule has 0 atom stereocenters. The summed E-state index contributed by atoms with van der Waals surface area (Å²) in [5.74, 6) is 0.910. The molecule has 2 rings (SSSR count). The minimum atomic E-state index is 0.200. The normalized spacial score (nSPS) is 16.9. The Morgan fingerprint density at radius 2 is 1.68 bits per heavy atom. The van der Waals surface area contributed by atoms with Gasteiger partial charge in [0.2, 0.25) is 5.91 Å². The van der Waals surface area contributed by atoms with E-state index in [1.807, 2.05) is 42.2 Å². The van der Waals surface area contributed by atoms with Crippen molar-refractivity contribution in [3.63, 3.8) is 0 Å². The van der Waals surface area contributed by atoms with Gasteiger partial charge in [0.15, 0.2) is 0 Å². The van der Waals surface area contributed by atoms with Gasteiger partial charge in [0, 0.05) is 45.0 Å². The zero-order valence-corrected chi connectivity index (χ0v) is 14.2. The van der Waals surface area contributed by atoms with Crippen LogP contribution in [0.2, 0.25) is 0 Å². The van der Waals surface area contributed by atoms with Crippen molar-refractivity contribution >= 4 is 11.6 Å². The minimum Gasteiger partial charge on any atom is -0.312 e. The third kappa shape index (κ3) is 4.82. The highest BCUT2D eigenvalue weighted by Gasteiger charge is 2.22. The van der Waals surface area contributed by atoms with Gasteiger partial charge in [-0.05, 0) is 25.0 Å². The summed E-state index contributed by atoms with van der Waals surface area (Å²) in [7, 11) is 0. The lowest BCUT2D eigenvalue weighted by Gasteiger charge is -2.36. The molecule has 1 fully saturated rings. The van der Waals surface area contributed by atoms with E-state index in [4.69, 9.17) is 0 Å². The molecule has 1 aromatic rings. The Hall–Kier alpha value is -1.39. The average Bonchev–Trinajstić information content (AvgIpc) is 2.50. The number of carbonyl (C=O) groups excluding carboxylic acids is 1. The standard InChI is InChI=1S/C18H29N3O/c1-4-21(17-8-6-5-7-9-17)18(22)15-20-12-10-19(11-13-20)14-16(2)3/h5-9,16H,4,10-15H2,1-3H3. The van der Waals surface area contributed by atoms with E-state index in [2.05, 4.69) is 23.6 Å². The van der Waals surface area contributed by atoms with Crippen molar-refractivity contribution in [2.24, 2.45) is 5.92 Å². The summed E-state index contributed by atoms with van der Waals surface area (Å²) >= 11 is 0.